The maximum atomic E-state index is 13.9. The van der Waals surface area contributed by atoms with Gasteiger partial charge in [0, 0.05) is 25.0 Å². The fourth-order valence-corrected chi connectivity index (χ4v) is 2.82. The van der Waals surface area contributed by atoms with Crippen molar-refractivity contribution in [1.29, 1.82) is 0 Å². The van der Waals surface area contributed by atoms with E-state index in [4.69, 9.17) is 0 Å². The second kappa shape index (κ2) is 6.50. The van der Waals surface area contributed by atoms with Gasteiger partial charge in [-0.3, -0.25) is 4.68 Å². The highest BCUT2D eigenvalue weighted by Crippen LogP contribution is 2.19. The number of nitrogens with one attached hydrogen (secondary N) is 1. The van der Waals surface area contributed by atoms with Crippen LogP contribution in [0.25, 0.3) is 11.0 Å². The molecule has 1 N–H and O–H groups in total. The Balaban J connectivity index is 1.78. The predicted molar refractivity (Wildman–Crippen MR) is 88.6 cm³/mol. The fourth-order valence-electron chi connectivity index (χ4n) is 2.82. The minimum atomic E-state index is -0.270. The molecule has 122 valence electrons. The highest BCUT2D eigenvalue weighted by Gasteiger charge is 2.16. The Morgan fingerprint density at radius 3 is 2.78 bits per heavy atom. The first-order chi connectivity index (χ1) is 11.1. The highest BCUT2D eigenvalue weighted by atomic mass is 19.1. The number of para-hydroxylation sites is 1. The number of nitrogens with zero attached hydrogens (tertiary/aromatic N) is 4. The first-order valence-corrected chi connectivity index (χ1v) is 7.98. The topological polar surface area (TPSA) is 47.7 Å². The van der Waals surface area contributed by atoms with Crippen molar-refractivity contribution >= 4 is 11.0 Å². The number of imidazole rings is 1. The van der Waals surface area contributed by atoms with Crippen molar-refractivity contribution in [2.45, 2.75) is 45.9 Å². The average molecular weight is 315 g/mol. The lowest BCUT2D eigenvalue weighted by molar-refractivity contribution is 0.360. The summed E-state index contributed by atoms with van der Waals surface area (Å²) in [6.45, 7) is 7.64. The summed E-state index contributed by atoms with van der Waals surface area (Å²) >= 11 is 0. The molecule has 2 aromatic heterocycles. The maximum absolute atomic E-state index is 13.9. The molecule has 0 amide bonds. The molecule has 0 radical (unpaired) electrons. The second-order valence-corrected chi connectivity index (χ2v) is 5.78. The Labute approximate surface area is 135 Å². The quantitative estimate of drug-likeness (QED) is 0.760. The number of halogens is 1. The summed E-state index contributed by atoms with van der Waals surface area (Å²) in [5, 5.41) is 7.75. The number of hydrogen-bond donors (Lipinski definition) is 1. The van der Waals surface area contributed by atoms with Crippen LogP contribution in [0.1, 0.15) is 32.6 Å². The standard InChI is InChI=1S/C17H22FN5/c1-4-22-15-8-5-7-14(18)17(15)21-16(22)11-19-12(2)13(3)23-10-6-9-20-23/h5-10,12-13,19H,4,11H2,1-3H3/t12-,13-/m1/s1. The lowest BCUT2D eigenvalue weighted by atomic mass is 10.2. The van der Waals surface area contributed by atoms with Gasteiger partial charge in [0.15, 0.2) is 5.82 Å². The van der Waals surface area contributed by atoms with Crippen LogP contribution < -0.4 is 5.32 Å². The summed E-state index contributed by atoms with van der Waals surface area (Å²) in [4.78, 5) is 4.48. The molecule has 2 atom stereocenters. The van der Waals surface area contributed by atoms with Crippen molar-refractivity contribution in [3.8, 4) is 0 Å². The van der Waals surface area contributed by atoms with E-state index in [2.05, 4.69) is 33.8 Å². The van der Waals surface area contributed by atoms with Gasteiger partial charge in [-0.15, -0.1) is 0 Å². The van der Waals surface area contributed by atoms with Crippen LogP contribution in [0.5, 0.6) is 0 Å². The fraction of sp³-hybridized carbons (Fsp3) is 0.412. The van der Waals surface area contributed by atoms with Crippen LogP contribution in [0.15, 0.2) is 36.7 Å². The van der Waals surface area contributed by atoms with E-state index in [0.717, 1.165) is 17.9 Å². The van der Waals surface area contributed by atoms with E-state index in [1.54, 1.807) is 12.3 Å². The molecule has 23 heavy (non-hydrogen) atoms. The Bertz CT molecular complexity index is 778. The molecule has 0 fully saturated rings. The van der Waals surface area contributed by atoms with E-state index in [1.165, 1.54) is 6.07 Å². The van der Waals surface area contributed by atoms with Gasteiger partial charge in [0.2, 0.25) is 0 Å². The highest BCUT2D eigenvalue weighted by molar-refractivity contribution is 5.76. The van der Waals surface area contributed by atoms with Gasteiger partial charge in [-0.25, -0.2) is 9.37 Å². The molecule has 3 aromatic rings. The van der Waals surface area contributed by atoms with Gasteiger partial charge in [-0.1, -0.05) is 6.07 Å². The number of aryl methyl sites for hydroxylation is 1. The molecule has 6 heteroatoms. The van der Waals surface area contributed by atoms with Crippen LogP contribution in [0.4, 0.5) is 4.39 Å². The van der Waals surface area contributed by atoms with E-state index in [-0.39, 0.29) is 17.9 Å². The number of benzene rings is 1. The Morgan fingerprint density at radius 2 is 2.09 bits per heavy atom. The normalized spacial score (nSPS) is 14.3. The van der Waals surface area contributed by atoms with E-state index < -0.39 is 0 Å². The molecule has 2 heterocycles. The maximum Gasteiger partial charge on any atom is 0.151 e. The lowest BCUT2D eigenvalue weighted by Crippen LogP contribution is -2.34. The number of aromatic nitrogens is 4. The SMILES string of the molecule is CCn1c(CN[C@H](C)[C@@H](C)n2cccn2)nc2c(F)cccc21. The van der Waals surface area contributed by atoms with Crippen molar-refractivity contribution in [3.05, 3.63) is 48.3 Å². The van der Waals surface area contributed by atoms with Crippen molar-refractivity contribution in [3.63, 3.8) is 0 Å². The molecule has 0 spiro atoms. The van der Waals surface area contributed by atoms with Crippen molar-refractivity contribution in [2.24, 2.45) is 0 Å². The minimum absolute atomic E-state index is 0.213. The van der Waals surface area contributed by atoms with Gasteiger partial charge in [0.05, 0.1) is 18.1 Å². The smallest absolute Gasteiger partial charge is 0.151 e. The average Bonchev–Trinajstić information content (AvgIpc) is 3.19. The van der Waals surface area contributed by atoms with Crippen molar-refractivity contribution in [1.82, 2.24) is 24.6 Å². The molecular formula is C17H22FN5. The minimum Gasteiger partial charge on any atom is -0.327 e. The zero-order chi connectivity index (χ0) is 16.4. The van der Waals surface area contributed by atoms with Gasteiger partial charge in [-0.05, 0) is 39.0 Å². The first-order valence-electron chi connectivity index (χ1n) is 7.98. The summed E-state index contributed by atoms with van der Waals surface area (Å²) in [6, 6.07) is 7.45. The molecule has 0 unspecified atom stereocenters. The molecule has 0 aliphatic heterocycles. The van der Waals surface area contributed by atoms with E-state index in [1.807, 2.05) is 29.9 Å². The van der Waals surface area contributed by atoms with Crippen molar-refractivity contribution in [2.75, 3.05) is 0 Å². The number of hydrogen-bond acceptors (Lipinski definition) is 3. The van der Waals surface area contributed by atoms with E-state index in [0.29, 0.717) is 12.1 Å². The molecule has 0 aliphatic rings. The molecule has 0 saturated carbocycles. The Hall–Kier alpha value is -2.21. The molecular weight excluding hydrogens is 293 g/mol. The number of rotatable bonds is 6. The third-order valence-corrected chi connectivity index (χ3v) is 4.37. The monoisotopic (exact) mass is 315 g/mol. The summed E-state index contributed by atoms with van der Waals surface area (Å²) in [5.74, 6) is 0.584. The lowest BCUT2D eigenvalue weighted by Gasteiger charge is -2.21. The van der Waals surface area contributed by atoms with Gasteiger partial charge < -0.3 is 9.88 Å². The van der Waals surface area contributed by atoms with Gasteiger partial charge in [0.1, 0.15) is 11.3 Å². The first kappa shape index (κ1) is 15.7. The van der Waals surface area contributed by atoms with Crippen LogP contribution >= 0.6 is 0 Å². The Kier molecular flexibility index (Phi) is 4.43. The van der Waals surface area contributed by atoms with E-state index >= 15 is 0 Å². The molecule has 0 bridgehead atoms. The molecule has 0 aliphatic carbocycles. The third kappa shape index (κ3) is 2.99. The van der Waals surface area contributed by atoms with Crippen LogP contribution in [-0.2, 0) is 13.1 Å². The van der Waals surface area contributed by atoms with E-state index in [9.17, 15) is 4.39 Å². The molecule has 3 rings (SSSR count). The molecule has 0 saturated heterocycles. The summed E-state index contributed by atoms with van der Waals surface area (Å²) in [7, 11) is 0. The van der Waals surface area contributed by atoms with Crippen LogP contribution in [-0.4, -0.2) is 25.4 Å². The van der Waals surface area contributed by atoms with Crippen molar-refractivity contribution < 1.29 is 4.39 Å². The summed E-state index contributed by atoms with van der Waals surface area (Å²) < 4.78 is 17.9. The second-order valence-electron chi connectivity index (χ2n) is 5.78. The largest absolute Gasteiger partial charge is 0.327 e. The zero-order valence-electron chi connectivity index (χ0n) is 13.7. The van der Waals surface area contributed by atoms with Gasteiger partial charge in [-0.2, -0.15) is 5.10 Å². The van der Waals surface area contributed by atoms with Crippen LogP contribution in [0.2, 0.25) is 0 Å². The van der Waals surface area contributed by atoms with Gasteiger partial charge >= 0.3 is 0 Å². The predicted octanol–water partition coefficient (Wildman–Crippen LogP) is 3.13. The van der Waals surface area contributed by atoms with Gasteiger partial charge in [0.25, 0.3) is 0 Å². The zero-order valence-corrected chi connectivity index (χ0v) is 13.7. The summed E-state index contributed by atoms with van der Waals surface area (Å²) in [5.41, 5.74) is 1.29. The summed E-state index contributed by atoms with van der Waals surface area (Å²) in [6.07, 6.45) is 3.74. The Morgan fingerprint density at radius 1 is 1.26 bits per heavy atom. The molecule has 1 aromatic carbocycles. The van der Waals surface area contributed by atoms with Crippen LogP contribution in [0, 0.1) is 5.82 Å². The molecule has 5 nitrogen and oxygen atoms in total. The number of fused-ring (bicyclic) bond motifs is 1. The third-order valence-electron chi connectivity index (χ3n) is 4.37. The van der Waals surface area contributed by atoms with Crippen LogP contribution in [0.3, 0.4) is 0 Å².